The van der Waals surface area contributed by atoms with Gasteiger partial charge < -0.3 is 0 Å². The van der Waals surface area contributed by atoms with Crippen LogP contribution in [0.5, 0.6) is 0 Å². The Labute approximate surface area is 206 Å². The molecule has 32 heavy (non-hydrogen) atoms. The second-order valence-electron chi connectivity index (χ2n) is 7.26. The first-order chi connectivity index (χ1) is 15.4. The summed E-state index contributed by atoms with van der Waals surface area (Å²) in [4.78, 5) is 4.84. The van der Waals surface area contributed by atoms with Gasteiger partial charge in [0.2, 0.25) is 0 Å². The van der Waals surface area contributed by atoms with Crippen LogP contribution in [-0.2, 0) is 5.75 Å². The van der Waals surface area contributed by atoms with Gasteiger partial charge in [0.15, 0.2) is 0 Å². The Kier molecular flexibility index (Phi) is 7.08. The molecule has 2 nitrogen and oxygen atoms in total. The minimum Gasteiger partial charge on any atom is -0.240 e. The third-order valence-electron chi connectivity index (χ3n) is 4.96. The van der Waals surface area contributed by atoms with Crippen molar-refractivity contribution >= 4 is 46.6 Å². The number of nitrogens with zero attached hydrogens (tertiary/aromatic N) is 2. The van der Waals surface area contributed by atoms with Crippen LogP contribution in [0, 0.1) is 18.3 Å². The van der Waals surface area contributed by atoms with Crippen molar-refractivity contribution in [2.75, 3.05) is 0 Å². The molecule has 1 heterocycles. The Bertz CT molecular complexity index is 1310. The van der Waals surface area contributed by atoms with Gasteiger partial charge in [-0.1, -0.05) is 82.8 Å². The molecule has 0 bridgehead atoms. The number of hydrogen-bond acceptors (Lipinski definition) is 3. The summed E-state index contributed by atoms with van der Waals surface area (Å²) in [6.45, 7) is 2.04. The summed E-state index contributed by atoms with van der Waals surface area (Å²) in [7, 11) is 0. The highest BCUT2D eigenvalue weighted by atomic mass is 35.5. The van der Waals surface area contributed by atoms with E-state index in [1.54, 1.807) is 6.07 Å². The summed E-state index contributed by atoms with van der Waals surface area (Å²) in [6, 6.07) is 25.6. The van der Waals surface area contributed by atoms with Gasteiger partial charge in [0.05, 0.1) is 21.3 Å². The lowest BCUT2D eigenvalue weighted by Gasteiger charge is -2.13. The number of aromatic nitrogens is 1. The molecule has 0 unspecified atom stereocenters. The predicted molar refractivity (Wildman–Crippen MR) is 136 cm³/mol. The smallest absolute Gasteiger partial charge is 0.115 e. The Morgan fingerprint density at radius 1 is 0.844 bits per heavy atom. The van der Waals surface area contributed by atoms with Crippen molar-refractivity contribution in [1.29, 1.82) is 5.26 Å². The van der Waals surface area contributed by atoms with Crippen LogP contribution in [0.2, 0.25) is 15.1 Å². The van der Waals surface area contributed by atoms with Crippen LogP contribution in [0.3, 0.4) is 0 Å². The van der Waals surface area contributed by atoms with Gasteiger partial charge in [-0.2, -0.15) is 5.26 Å². The lowest BCUT2D eigenvalue weighted by atomic mass is 9.98. The maximum absolute atomic E-state index is 10.0. The van der Waals surface area contributed by atoms with E-state index in [1.165, 1.54) is 11.8 Å². The van der Waals surface area contributed by atoms with Crippen molar-refractivity contribution in [3.8, 4) is 28.5 Å². The molecular formula is C26H17Cl3N2S. The van der Waals surface area contributed by atoms with Crippen LogP contribution in [0.15, 0.2) is 77.8 Å². The van der Waals surface area contributed by atoms with Gasteiger partial charge >= 0.3 is 0 Å². The second kappa shape index (κ2) is 9.98. The summed E-state index contributed by atoms with van der Waals surface area (Å²) < 4.78 is 0. The first kappa shape index (κ1) is 22.7. The largest absolute Gasteiger partial charge is 0.240 e. The van der Waals surface area contributed by atoms with E-state index in [0.717, 1.165) is 33.5 Å². The molecule has 0 amide bonds. The standard InChI is InChI=1S/C26H17Cl3N2S/c1-16-2-5-18(6-3-16)21-13-25(19-7-9-20(27)10-8-19)31-26(22(21)14-30)32-15-17-4-11-23(28)24(29)12-17/h2-13H,15H2,1H3. The maximum Gasteiger partial charge on any atom is 0.115 e. The maximum atomic E-state index is 10.0. The average Bonchev–Trinajstić information content (AvgIpc) is 2.80. The molecule has 158 valence electrons. The zero-order valence-electron chi connectivity index (χ0n) is 17.1. The van der Waals surface area contributed by atoms with Crippen LogP contribution < -0.4 is 0 Å². The first-order valence-corrected chi connectivity index (χ1v) is 11.9. The van der Waals surface area contributed by atoms with Gasteiger partial charge in [-0.3, -0.25) is 0 Å². The van der Waals surface area contributed by atoms with E-state index in [2.05, 4.69) is 6.07 Å². The van der Waals surface area contributed by atoms with E-state index in [4.69, 9.17) is 39.8 Å². The number of nitriles is 1. The molecule has 0 aliphatic carbocycles. The number of hydrogen-bond donors (Lipinski definition) is 0. The Morgan fingerprint density at radius 2 is 1.53 bits per heavy atom. The molecule has 0 spiro atoms. The van der Waals surface area contributed by atoms with Crippen molar-refractivity contribution < 1.29 is 0 Å². The van der Waals surface area contributed by atoms with Crippen LogP contribution in [0.25, 0.3) is 22.4 Å². The normalized spacial score (nSPS) is 10.7. The van der Waals surface area contributed by atoms with E-state index in [9.17, 15) is 5.26 Å². The van der Waals surface area contributed by atoms with Crippen molar-refractivity contribution in [2.24, 2.45) is 0 Å². The summed E-state index contributed by atoms with van der Waals surface area (Å²) in [5, 5.41) is 12.4. The monoisotopic (exact) mass is 494 g/mol. The number of thioether (sulfide) groups is 1. The van der Waals surface area contributed by atoms with E-state index >= 15 is 0 Å². The quantitative estimate of drug-likeness (QED) is 0.259. The number of benzene rings is 3. The minimum absolute atomic E-state index is 0.508. The molecule has 0 atom stereocenters. The van der Waals surface area contributed by atoms with E-state index in [0.29, 0.717) is 31.4 Å². The summed E-state index contributed by atoms with van der Waals surface area (Å²) in [5.41, 5.74) is 6.26. The number of halogens is 3. The van der Waals surface area contributed by atoms with E-state index < -0.39 is 0 Å². The molecule has 6 heteroatoms. The average molecular weight is 496 g/mol. The van der Waals surface area contributed by atoms with E-state index in [1.807, 2.05) is 73.7 Å². The Hall–Kier alpha value is -2.48. The number of aryl methyl sites for hydroxylation is 1. The zero-order valence-corrected chi connectivity index (χ0v) is 20.2. The third-order valence-corrected chi connectivity index (χ3v) is 7.00. The molecular weight excluding hydrogens is 479 g/mol. The third kappa shape index (κ3) is 5.11. The molecule has 1 aromatic heterocycles. The van der Waals surface area contributed by atoms with Gasteiger partial charge in [-0.15, -0.1) is 11.8 Å². The predicted octanol–water partition coefficient (Wildman–Crippen LogP) is 8.85. The van der Waals surface area contributed by atoms with Gasteiger partial charge in [-0.05, 0) is 48.4 Å². The molecule has 0 radical (unpaired) electrons. The molecule has 0 saturated heterocycles. The van der Waals surface area contributed by atoms with Crippen LogP contribution in [0.4, 0.5) is 0 Å². The molecule has 4 rings (SSSR count). The molecule has 0 fully saturated rings. The summed E-state index contributed by atoms with van der Waals surface area (Å²) >= 11 is 19.8. The summed E-state index contributed by atoms with van der Waals surface area (Å²) in [5.74, 6) is 0.607. The molecule has 3 aromatic carbocycles. The van der Waals surface area contributed by atoms with Crippen LogP contribution in [0.1, 0.15) is 16.7 Å². The molecule has 4 aromatic rings. The lowest BCUT2D eigenvalue weighted by Crippen LogP contribution is -1.96. The van der Waals surface area contributed by atoms with Gasteiger partial charge in [0.1, 0.15) is 11.1 Å². The van der Waals surface area contributed by atoms with Crippen molar-refractivity contribution in [2.45, 2.75) is 17.7 Å². The van der Waals surface area contributed by atoms with Gasteiger partial charge in [-0.25, -0.2) is 4.98 Å². The Balaban J connectivity index is 1.80. The number of rotatable bonds is 5. The fourth-order valence-corrected chi connectivity index (χ4v) is 4.64. The van der Waals surface area contributed by atoms with Crippen LogP contribution >= 0.6 is 46.6 Å². The fraction of sp³-hybridized carbons (Fsp3) is 0.0769. The van der Waals surface area contributed by atoms with Crippen molar-refractivity contribution in [3.05, 3.63) is 105 Å². The Morgan fingerprint density at radius 3 is 2.19 bits per heavy atom. The number of pyridine rings is 1. The highest BCUT2D eigenvalue weighted by Crippen LogP contribution is 2.36. The van der Waals surface area contributed by atoms with Crippen molar-refractivity contribution in [1.82, 2.24) is 4.98 Å². The van der Waals surface area contributed by atoms with Gasteiger partial charge in [0, 0.05) is 21.9 Å². The highest BCUT2D eigenvalue weighted by molar-refractivity contribution is 7.98. The first-order valence-electron chi connectivity index (χ1n) is 9.79. The highest BCUT2D eigenvalue weighted by Gasteiger charge is 2.16. The SMILES string of the molecule is Cc1ccc(-c2cc(-c3ccc(Cl)cc3)nc(SCc3ccc(Cl)c(Cl)c3)c2C#N)cc1. The zero-order chi connectivity index (χ0) is 22.7. The topological polar surface area (TPSA) is 36.7 Å². The minimum atomic E-state index is 0.508. The molecule has 0 N–H and O–H groups in total. The van der Waals surface area contributed by atoms with E-state index in [-0.39, 0.29) is 0 Å². The molecule has 0 aliphatic heterocycles. The van der Waals surface area contributed by atoms with Gasteiger partial charge in [0.25, 0.3) is 0 Å². The fourth-order valence-electron chi connectivity index (χ4n) is 3.24. The molecule has 0 aliphatic rings. The lowest BCUT2D eigenvalue weighted by molar-refractivity contribution is 1.12. The summed E-state index contributed by atoms with van der Waals surface area (Å²) in [6.07, 6.45) is 0. The van der Waals surface area contributed by atoms with Crippen LogP contribution in [-0.4, -0.2) is 4.98 Å². The molecule has 0 saturated carbocycles. The second-order valence-corrected chi connectivity index (χ2v) is 9.47. The van der Waals surface area contributed by atoms with Crippen molar-refractivity contribution in [3.63, 3.8) is 0 Å².